The number of allylic oxidation sites excluding steroid dienone is 10. The molecule has 0 atom stereocenters. The largest absolute Gasteiger partial charge is 0.411 e. The summed E-state index contributed by atoms with van der Waals surface area (Å²) in [6.45, 7) is 11.0. The van der Waals surface area contributed by atoms with E-state index in [1.807, 2.05) is 19.1 Å². The van der Waals surface area contributed by atoms with Crippen LogP contribution in [0.15, 0.2) is 63.9 Å². The molecule has 0 spiro atoms. The second kappa shape index (κ2) is 8.57. The van der Waals surface area contributed by atoms with E-state index >= 15 is 0 Å². The highest BCUT2D eigenvalue weighted by Gasteiger charge is 2.26. The van der Waals surface area contributed by atoms with Crippen molar-refractivity contribution in [3.05, 3.63) is 58.7 Å². The van der Waals surface area contributed by atoms with E-state index in [9.17, 15) is 0 Å². The van der Waals surface area contributed by atoms with Gasteiger partial charge in [-0.25, -0.2) is 0 Å². The van der Waals surface area contributed by atoms with Crippen LogP contribution in [-0.2, 0) is 0 Å². The molecule has 1 N–H and O–H groups in total. The molecule has 0 saturated carbocycles. The van der Waals surface area contributed by atoms with E-state index < -0.39 is 0 Å². The van der Waals surface area contributed by atoms with Crippen LogP contribution < -0.4 is 0 Å². The first-order valence-electron chi connectivity index (χ1n) is 7.93. The Morgan fingerprint density at radius 2 is 2.05 bits per heavy atom. The summed E-state index contributed by atoms with van der Waals surface area (Å²) in [4.78, 5) is 0. The maximum absolute atomic E-state index is 8.39. The summed E-state index contributed by atoms with van der Waals surface area (Å²) in [6.07, 6.45) is 17.5. The third kappa shape index (κ3) is 5.88. The number of hydrogen-bond donors (Lipinski definition) is 1. The minimum absolute atomic E-state index is 0.263. The molecule has 0 radical (unpaired) electrons. The van der Waals surface area contributed by atoms with Crippen LogP contribution in [-0.4, -0.2) is 11.4 Å². The fourth-order valence-electron chi connectivity index (χ4n) is 2.67. The first-order chi connectivity index (χ1) is 10.4. The standard InChI is InChI=1S/C20H29NO/c1-16(8-6-9-17(2)13-15-21-22)11-12-19-18(3)10-7-14-20(19,4)5/h6,8-12,15,22H,7,13-14H2,1-5H3/b8-6+,16-11+,17-9+,19-12-,21-15-. The quantitative estimate of drug-likeness (QED) is 0.288. The zero-order chi connectivity index (χ0) is 16.6. The molecule has 1 aliphatic rings. The molecule has 22 heavy (non-hydrogen) atoms. The third-order valence-electron chi connectivity index (χ3n) is 4.12. The van der Waals surface area contributed by atoms with Crippen LogP contribution in [0.2, 0.25) is 0 Å². The Hall–Kier alpha value is -1.83. The SMILES string of the molecule is CC1=CCCC(C)(C)\C1=C/C=C(C)/C=C/C=C(\C)C/C=N\O. The van der Waals surface area contributed by atoms with Crippen molar-refractivity contribution < 1.29 is 5.21 Å². The smallest absolute Gasteiger partial charge is 0.0476 e. The molecule has 0 bridgehead atoms. The molecular formula is C20H29NO. The highest BCUT2D eigenvalue weighted by molar-refractivity contribution is 5.60. The van der Waals surface area contributed by atoms with Crippen molar-refractivity contribution in [1.29, 1.82) is 0 Å². The summed E-state index contributed by atoms with van der Waals surface area (Å²) in [6, 6.07) is 0. The molecule has 1 rings (SSSR count). The minimum atomic E-state index is 0.263. The topological polar surface area (TPSA) is 32.6 Å². The molecule has 0 aromatic heterocycles. The summed E-state index contributed by atoms with van der Waals surface area (Å²) in [5.74, 6) is 0. The highest BCUT2D eigenvalue weighted by atomic mass is 16.4. The van der Waals surface area contributed by atoms with E-state index in [2.05, 4.69) is 57.2 Å². The van der Waals surface area contributed by atoms with E-state index in [1.54, 1.807) is 0 Å². The molecule has 120 valence electrons. The van der Waals surface area contributed by atoms with Crippen molar-refractivity contribution in [1.82, 2.24) is 0 Å². The van der Waals surface area contributed by atoms with Crippen LogP contribution in [0.1, 0.15) is 53.9 Å². The van der Waals surface area contributed by atoms with Crippen molar-refractivity contribution in [2.45, 2.75) is 53.9 Å². The van der Waals surface area contributed by atoms with Gasteiger partial charge in [0.05, 0.1) is 0 Å². The monoisotopic (exact) mass is 299 g/mol. The molecule has 0 aliphatic heterocycles. The summed E-state index contributed by atoms with van der Waals surface area (Å²) < 4.78 is 0. The predicted molar refractivity (Wildman–Crippen MR) is 96.4 cm³/mol. The lowest BCUT2D eigenvalue weighted by Gasteiger charge is -2.32. The summed E-state index contributed by atoms with van der Waals surface area (Å²) in [7, 11) is 0. The van der Waals surface area contributed by atoms with E-state index in [1.165, 1.54) is 35.8 Å². The highest BCUT2D eigenvalue weighted by Crippen LogP contribution is 2.40. The van der Waals surface area contributed by atoms with Gasteiger partial charge in [0.2, 0.25) is 0 Å². The number of oxime groups is 1. The number of hydrogen-bond acceptors (Lipinski definition) is 2. The van der Waals surface area contributed by atoms with Crippen LogP contribution in [0, 0.1) is 5.41 Å². The number of rotatable bonds is 5. The van der Waals surface area contributed by atoms with Gasteiger partial charge in [-0.1, -0.05) is 67.0 Å². The second-order valence-corrected chi connectivity index (χ2v) is 6.68. The summed E-state index contributed by atoms with van der Waals surface area (Å²) >= 11 is 0. The summed E-state index contributed by atoms with van der Waals surface area (Å²) in [5, 5.41) is 11.4. The molecule has 2 nitrogen and oxygen atoms in total. The Morgan fingerprint density at radius 1 is 1.32 bits per heavy atom. The molecule has 0 unspecified atom stereocenters. The molecule has 0 heterocycles. The molecule has 0 aromatic carbocycles. The van der Waals surface area contributed by atoms with Crippen molar-refractivity contribution in [3.63, 3.8) is 0 Å². The molecule has 2 heteroatoms. The maximum Gasteiger partial charge on any atom is 0.0476 e. The fraction of sp³-hybridized carbons (Fsp3) is 0.450. The van der Waals surface area contributed by atoms with Crippen molar-refractivity contribution in [2.24, 2.45) is 10.6 Å². The van der Waals surface area contributed by atoms with Crippen molar-refractivity contribution in [3.8, 4) is 0 Å². The van der Waals surface area contributed by atoms with E-state index in [-0.39, 0.29) is 5.41 Å². The first-order valence-corrected chi connectivity index (χ1v) is 7.93. The fourth-order valence-corrected chi connectivity index (χ4v) is 2.67. The van der Waals surface area contributed by atoms with Gasteiger partial charge in [0.1, 0.15) is 0 Å². The van der Waals surface area contributed by atoms with Crippen molar-refractivity contribution >= 4 is 6.21 Å². The molecule has 0 amide bonds. The van der Waals surface area contributed by atoms with Gasteiger partial charge in [0.25, 0.3) is 0 Å². The van der Waals surface area contributed by atoms with Gasteiger partial charge in [-0.3, -0.25) is 0 Å². The van der Waals surface area contributed by atoms with Crippen LogP contribution in [0.3, 0.4) is 0 Å². The second-order valence-electron chi connectivity index (χ2n) is 6.68. The van der Waals surface area contributed by atoms with Crippen molar-refractivity contribution in [2.75, 3.05) is 0 Å². The van der Waals surface area contributed by atoms with Gasteiger partial charge >= 0.3 is 0 Å². The Labute approximate surface area is 135 Å². The van der Waals surface area contributed by atoms with E-state index in [0.29, 0.717) is 6.42 Å². The predicted octanol–water partition coefficient (Wildman–Crippen LogP) is 5.98. The lowest BCUT2D eigenvalue weighted by atomic mass is 9.73. The molecular weight excluding hydrogens is 270 g/mol. The molecule has 0 saturated heterocycles. The van der Waals surface area contributed by atoms with E-state index in [0.717, 1.165) is 5.57 Å². The Bertz CT molecular complexity index is 554. The zero-order valence-corrected chi connectivity index (χ0v) is 14.6. The van der Waals surface area contributed by atoms with Gasteiger partial charge in [-0.15, -0.1) is 5.16 Å². The van der Waals surface area contributed by atoms with Gasteiger partial charge in [-0.05, 0) is 44.6 Å². The first kappa shape index (κ1) is 18.2. The Morgan fingerprint density at radius 3 is 2.68 bits per heavy atom. The van der Waals surface area contributed by atoms with Gasteiger partial charge in [0, 0.05) is 12.6 Å². The zero-order valence-electron chi connectivity index (χ0n) is 14.6. The number of nitrogens with zero attached hydrogens (tertiary/aromatic N) is 1. The molecule has 1 aliphatic carbocycles. The average Bonchev–Trinajstić information content (AvgIpc) is 2.43. The van der Waals surface area contributed by atoms with Crippen LogP contribution in [0.4, 0.5) is 0 Å². The lowest BCUT2D eigenvalue weighted by Crippen LogP contribution is -2.18. The molecule has 0 aromatic rings. The van der Waals surface area contributed by atoms with Gasteiger partial charge in [0.15, 0.2) is 0 Å². The third-order valence-corrected chi connectivity index (χ3v) is 4.12. The van der Waals surface area contributed by atoms with E-state index in [4.69, 9.17) is 5.21 Å². The molecule has 0 fully saturated rings. The minimum Gasteiger partial charge on any atom is -0.411 e. The van der Waals surface area contributed by atoms with Gasteiger partial charge < -0.3 is 5.21 Å². The van der Waals surface area contributed by atoms with Crippen LogP contribution in [0.25, 0.3) is 0 Å². The van der Waals surface area contributed by atoms with Crippen LogP contribution >= 0.6 is 0 Å². The Kier molecular flexibility index (Phi) is 7.10. The normalized spacial score (nSPS) is 21.9. The lowest BCUT2D eigenvalue weighted by molar-refractivity contribution is 0.321. The van der Waals surface area contributed by atoms with Crippen LogP contribution in [0.5, 0.6) is 0 Å². The summed E-state index contributed by atoms with van der Waals surface area (Å²) in [5.41, 5.74) is 5.49. The van der Waals surface area contributed by atoms with Gasteiger partial charge in [-0.2, -0.15) is 0 Å². The maximum atomic E-state index is 8.39. The average molecular weight is 299 g/mol. The Balaban J connectivity index is 2.78.